The third kappa shape index (κ3) is 2.18. The predicted octanol–water partition coefficient (Wildman–Crippen LogP) is 2.11. The highest BCUT2D eigenvalue weighted by molar-refractivity contribution is 7.19. The molecule has 6 nitrogen and oxygen atoms in total. The van der Waals surface area contributed by atoms with Crippen molar-refractivity contribution in [3.05, 3.63) is 29.2 Å². The second-order valence-corrected chi connectivity index (χ2v) is 6.18. The predicted molar refractivity (Wildman–Crippen MR) is 82.0 cm³/mol. The van der Waals surface area contributed by atoms with Gasteiger partial charge in [-0.15, -0.1) is 11.3 Å². The van der Waals surface area contributed by atoms with E-state index >= 15 is 0 Å². The first kappa shape index (κ1) is 12.7. The summed E-state index contributed by atoms with van der Waals surface area (Å²) in [5.41, 5.74) is 2.28. The summed E-state index contributed by atoms with van der Waals surface area (Å²) in [6, 6.07) is 0. The molecular weight excluding hydrogens is 286 g/mol. The Morgan fingerprint density at radius 2 is 2.29 bits per heavy atom. The SMILES string of the molecule is OCCn1cc(Nc2ncnc3sc4c(c23)CCC4)cn1. The number of aromatic nitrogens is 4. The van der Waals surface area contributed by atoms with Gasteiger partial charge in [0, 0.05) is 11.1 Å². The van der Waals surface area contributed by atoms with Gasteiger partial charge < -0.3 is 10.4 Å². The van der Waals surface area contributed by atoms with Crippen LogP contribution in [0.15, 0.2) is 18.7 Å². The second-order valence-electron chi connectivity index (χ2n) is 5.10. The van der Waals surface area contributed by atoms with Crippen molar-refractivity contribution < 1.29 is 5.11 Å². The second kappa shape index (κ2) is 5.09. The monoisotopic (exact) mass is 301 g/mol. The van der Waals surface area contributed by atoms with E-state index in [4.69, 9.17) is 5.11 Å². The molecule has 1 aliphatic rings. The maximum Gasteiger partial charge on any atom is 0.142 e. The van der Waals surface area contributed by atoms with Crippen molar-refractivity contribution >= 4 is 33.1 Å². The van der Waals surface area contributed by atoms with Gasteiger partial charge in [-0.2, -0.15) is 5.10 Å². The van der Waals surface area contributed by atoms with Crippen molar-refractivity contribution in [3.8, 4) is 0 Å². The molecule has 0 spiro atoms. The van der Waals surface area contributed by atoms with Crippen molar-refractivity contribution in [2.24, 2.45) is 0 Å². The molecular formula is C14H15N5OS. The fourth-order valence-electron chi connectivity index (χ4n) is 2.81. The number of nitrogens with zero attached hydrogens (tertiary/aromatic N) is 4. The van der Waals surface area contributed by atoms with Crippen LogP contribution < -0.4 is 5.32 Å². The number of aliphatic hydroxyl groups is 1. The summed E-state index contributed by atoms with van der Waals surface area (Å²) in [4.78, 5) is 11.3. The van der Waals surface area contributed by atoms with Gasteiger partial charge in [-0.05, 0) is 24.8 Å². The minimum absolute atomic E-state index is 0.0803. The van der Waals surface area contributed by atoms with E-state index in [0.29, 0.717) is 6.54 Å². The van der Waals surface area contributed by atoms with E-state index < -0.39 is 0 Å². The molecule has 21 heavy (non-hydrogen) atoms. The molecule has 7 heteroatoms. The summed E-state index contributed by atoms with van der Waals surface area (Å²) < 4.78 is 1.71. The van der Waals surface area contributed by atoms with E-state index in [1.54, 1.807) is 28.5 Å². The summed E-state index contributed by atoms with van der Waals surface area (Å²) in [7, 11) is 0. The van der Waals surface area contributed by atoms with Gasteiger partial charge in [-0.3, -0.25) is 4.68 Å². The van der Waals surface area contributed by atoms with Crippen molar-refractivity contribution in [2.45, 2.75) is 25.8 Å². The number of aryl methyl sites for hydroxylation is 2. The van der Waals surface area contributed by atoms with E-state index in [9.17, 15) is 0 Å². The standard InChI is InChI=1S/C14H15N5OS/c20-5-4-19-7-9(6-17-19)18-13-12-10-2-1-3-11(10)21-14(12)16-8-15-13/h6-8,20H,1-5H2,(H,15,16,18). The first-order valence-corrected chi connectivity index (χ1v) is 7.82. The number of hydrogen-bond donors (Lipinski definition) is 2. The number of fused-ring (bicyclic) bond motifs is 3. The molecule has 0 aromatic carbocycles. The quantitative estimate of drug-likeness (QED) is 0.772. The molecule has 0 atom stereocenters. The van der Waals surface area contributed by atoms with E-state index in [2.05, 4.69) is 20.4 Å². The van der Waals surface area contributed by atoms with Crippen molar-refractivity contribution in [1.82, 2.24) is 19.7 Å². The summed E-state index contributed by atoms with van der Waals surface area (Å²) in [5, 5.41) is 17.6. The summed E-state index contributed by atoms with van der Waals surface area (Å²) >= 11 is 1.78. The van der Waals surface area contributed by atoms with Crippen LogP contribution in [0.25, 0.3) is 10.2 Å². The van der Waals surface area contributed by atoms with Crippen LogP contribution in [0.1, 0.15) is 16.9 Å². The largest absolute Gasteiger partial charge is 0.394 e. The highest BCUT2D eigenvalue weighted by Crippen LogP contribution is 2.39. The van der Waals surface area contributed by atoms with Crippen molar-refractivity contribution in [1.29, 1.82) is 0 Å². The van der Waals surface area contributed by atoms with Gasteiger partial charge in [0.05, 0.1) is 30.4 Å². The maximum absolute atomic E-state index is 8.94. The molecule has 3 aromatic rings. The molecule has 0 unspecified atom stereocenters. The van der Waals surface area contributed by atoms with Crippen LogP contribution in [0.3, 0.4) is 0 Å². The lowest BCUT2D eigenvalue weighted by atomic mass is 10.2. The molecule has 2 N–H and O–H groups in total. The average molecular weight is 301 g/mol. The number of rotatable bonds is 4. The van der Waals surface area contributed by atoms with E-state index in [0.717, 1.165) is 34.6 Å². The Morgan fingerprint density at radius 1 is 1.33 bits per heavy atom. The van der Waals surface area contributed by atoms with Gasteiger partial charge in [0.25, 0.3) is 0 Å². The normalized spacial score (nSPS) is 13.8. The van der Waals surface area contributed by atoms with Crippen LogP contribution in [0.5, 0.6) is 0 Å². The van der Waals surface area contributed by atoms with Crippen LogP contribution in [0, 0.1) is 0 Å². The Kier molecular flexibility index (Phi) is 3.08. The molecule has 3 aromatic heterocycles. The summed E-state index contributed by atoms with van der Waals surface area (Å²) in [6.07, 6.45) is 8.71. The lowest BCUT2D eigenvalue weighted by molar-refractivity contribution is 0.269. The summed E-state index contributed by atoms with van der Waals surface area (Å²) in [6.45, 7) is 0.575. The van der Waals surface area contributed by atoms with Gasteiger partial charge >= 0.3 is 0 Å². The summed E-state index contributed by atoms with van der Waals surface area (Å²) in [5.74, 6) is 0.850. The molecule has 4 rings (SSSR count). The molecule has 0 bridgehead atoms. The first-order chi connectivity index (χ1) is 10.3. The lowest BCUT2D eigenvalue weighted by Gasteiger charge is -2.05. The highest BCUT2D eigenvalue weighted by Gasteiger charge is 2.21. The zero-order valence-corrected chi connectivity index (χ0v) is 12.2. The van der Waals surface area contributed by atoms with Crippen LogP contribution in [-0.4, -0.2) is 31.5 Å². The van der Waals surface area contributed by atoms with Crippen molar-refractivity contribution in [2.75, 3.05) is 11.9 Å². The van der Waals surface area contributed by atoms with Gasteiger partial charge in [-0.1, -0.05) is 0 Å². The molecule has 0 saturated carbocycles. The molecule has 108 valence electrons. The van der Waals surface area contributed by atoms with Crippen LogP contribution in [-0.2, 0) is 19.4 Å². The zero-order valence-electron chi connectivity index (χ0n) is 11.4. The van der Waals surface area contributed by atoms with E-state index in [-0.39, 0.29) is 6.61 Å². The molecule has 3 heterocycles. The highest BCUT2D eigenvalue weighted by atomic mass is 32.1. The fraction of sp³-hybridized carbons (Fsp3) is 0.357. The minimum atomic E-state index is 0.0803. The van der Waals surface area contributed by atoms with Gasteiger partial charge in [0.2, 0.25) is 0 Å². The minimum Gasteiger partial charge on any atom is -0.394 e. The molecule has 0 radical (unpaired) electrons. The Hall–Kier alpha value is -1.99. The van der Waals surface area contributed by atoms with Crippen LogP contribution in [0.2, 0.25) is 0 Å². The number of nitrogens with one attached hydrogen (secondary N) is 1. The number of hydrogen-bond acceptors (Lipinski definition) is 6. The van der Waals surface area contributed by atoms with Crippen molar-refractivity contribution in [3.63, 3.8) is 0 Å². The third-order valence-corrected chi connectivity index (χ3v) is 4.93. The number of anilines is 2. The Labute approximate surface area is 125 Å². The lowest BCUT2D eigenvalue weighted by Crippen LogP contribution is -2.01. The average Bonchev–Trinajstić information content (AvgIpc) is 3.15. The number of thiophene rings is 1. The Balaban J connectivity index is 1.72. The Bertz CT molecular complexity index is 794. The maximum atomic E-state index is 8.94. The Morgan fingerprint density at radius 3 is 3.19 bits per heavy atom. The zero-order chi connectivity index (χ0) is 14.2. The third-order valence-electron chi connectivity index (χ3n) is 3.73. The first-order valence-electron chi connectivity index (χ1n) is 7.01. The van der Waals surface area contributed by atoms with Gasteiger partial charge in [0.1, 0.15) is 17.0 Å². The van der Waals surface area contributed by atoms with Gasteiger partial charge in [-0.25, -0.2) is 9.97 Å². The molecule has 0 saturated heterocycles. The molecule has 0 fully saturated rings. The number of aliphatic hydroxyl groups excluding tert-OH is 1. The van der Waals surface area contributed by atoms with E-state index in [1.807, 2.05) is 6.20 Å². The molecule has 0 amide bonds. The van der Waals surface area contributed by atoms with Gasteiger partial charge in [0.15, 0.2) is 0 Å². The fourth-order valence-corrected chi connectivity index (χ4v) is 4.04. The molecule has 0 aliphatic heterocycles. The topological polar surface area (TPSA) is 75.9 Å². The van der Waals surface area contributed by atoms with Crippen LogP contribution in [0.4, 0.5) is 11.5 Å². The van der Waals surface area contributed by atoms with E-state index in [1.165, 1.54) is 16.9 Å². The molecule has 1 aliphatic carbocycles. The van der Waals surface area contributed by atoms with Crippen LogP contribution >= 0.6 is 11.3 Å². The smallest absolute Gasteiger partial charge is 0.142 e.